The molecule has 0 radical (unpaired) electrons. The molecule has 0 bridgehead atoms. The first-order valence-electron chi connectivity index (χ1n) is 7.25. The summed E-state index contributed by atoms with van der Waals surface area (Å²) in [5, 5.41) is 6.02. The molecule has 24 heavy (non-hydrogen) atoms. The Hall–Kier alpha value is -2.60. The van der Waals surface area contributed by atoms with Crippen molar-refractivity contribution in [2.75, 3.05) is 11.9 Å². The number of benzene rings is 2. The van der Waals surface area contributed by atoms with Crippen molar-refractivity contribution in [3.05, 3.63) is 64.4 Å². The van der Waals surface area contributed by atoms with Crippen molar-refractivity contribution in [3.8, 4) is 0 Å². The van der Waals surface area contributed by atoms with E-state index in [0.29, 0.717) is 16.3 Å². The largest absolute Gasteiger partial charge is 0.375 e. The maximum atomic E-state index is 12.9. The van der Waals surface area contributed by atoms with Crippen molar-refractivity contribution in [1.29, 1.82) is 0 Å². The van der Waals surface area contributed by atoms with Gasteiger partial charge in [-0.15, -0.1) is 0 Å². The molecule has 4 N–H and O–H groups in total. The monoisotopic (exact) mass is 349 g/mol. The quantitative estimate of drug-likeness (QED) is 0.749. The number of hydrogen-bond acceptors (Lipinski definition) is 3. The van der Waals surface area contributed by atoms with E-state index >= 15 is 0 Å². The molecule has 126 valence electrons. The lowest BCUT2D eigenvalue weighted by molar-refractivity contribution is -0.120. The molecule has 0 heterocycles. The van der Waals surface area contributed by atoms with Gasteiger partial charge in [-0.05, 0) is 42.8 Å². The summed E-state index contributed by atoms with van der Waals surface area (Å²) < 4.78 is 12.9. The van der Waals surface area contributed by atoms with Gasteiger partial charge in [0.2, 0.25) is 11.8 Å². The number of halogens is 2. The highest BCUT2D eigenvalue weighted by molar-refractivity contribution is 6.33. The van der Waals surface area contributed by atoms with Crippen molar-refractivity contribution < 1.29 is 14.0 Å². The predicted octanol–water partition coefficient (Wildman–Crippen LogP) is 2.87. The van der Waals surface area contributed by atoms with E-state index in [4.69, 9.17) is 17.3 Å². The van der Waals surface area contributed by atoms with Crippen LogP contribution in [0.3, 0.4) is 0 Å². The van der Waals surface area contributed by atoms with E-state index < -0.39 is 5.91 Å². The van der Waals surface area contributed by atoms with Crippen LogP contribution < -0.4 is 16.4 Å². The Balaban J connectivity index is 1.94. The Morgan fingerprint density at radius 3 is 2.50 bits per heavy atom. The van der Waals surface area contributed by atoms with E-state index in [1.54, 1.807) is 19.1 Å². The van der Waals surface area contributed by atoms with E-state index in [0.717, 1.165) is 5.56 Å². The molecule has 7 heteroatoms. The van der Waals surface area contributed by atoms with Gasteiger partial charge in [-0.2, -0.15) is 0 Å². The molecule has 0 fully saturated rings. The lowest BCUT2D eigenvalue weighted by Crippen LogP contribution is -2.32. The van der Waals surface area contributed by atoms with Crippen LogP contribution in [-0.4, -0.2) is 18.4 Å². The normalized spacial score (nSPS) is 11.6. The molecule has 0 saturated carbocycles. The van der Waals surface area contributed by atoms with Crippen LogP contribution >= 0.6 is 11.6 Å². The van der Waals surface area contributed by atoms with E-state index in [9.17, 15) is 14.0 Å². The van der Waals surface area contributed by atoms with Gasteiger partial charge in [0.25, 0.3) is 0 Å². The van der Waals surface area contributed by atoms with Gasteiger partial charge >= 0.3 is 0 Å². The van der Waals surface area contributed by atoms with Crippen LogP contribution in [0.25, 0.3) is 0 Å². The second kappa shape index (κ2) is 7.79. The first kappa shape index (κ1) is 17.7. The minimum atomic E-state index is -0.580. The smallest absolute Gasteiger partial charge is 0.248 e. The Labute approximate surface area is 144 Å². The highest BCUT2D eigenvalue weighted by atomic mass is 35.5. The summed E-state index contributed by atoms with van der Waals surface area (Å²) in [7, 11) is 0. The molecule has 2 amide bonds. The Morgan fingerprint density at radius 2 is 1.88 bits per heavy atom. The Kier molecular flexibility index (Phi) is 5.76. The summed E-state index contributed by atoms with van der Waals surface area (Å²) in [6, 6.07) is 10.2. The second-order valence-corrected chi connectivity index (χ2v) is 5.66. The number of anilines is 1. The van der Waals surface area contributed by atoms with Gasteiger partial charge in [-0.1, -0.05) is 23.7 Å². The molecular weight excluding hydrogens is 333 g/mol. The summed E-state index contributed by atoms with van der Waals surface area (Å²) in [4.78, 5) is 23.2. The minimum Gasteiger partial charge on any atom is -0.375 e. The molecular formula is C17H17ClFN3O2. The summed E-state index contributed by atoms with van der Waals surface area (Å²) in [6.45, 7) is 1.76. The van der Waals surface area contributed by atoms with Gasteiger partial charge < -0.3 is 16.4 Å². The zero-order valence-corrected chi connectivity index (χ0v) is 13.7. The summed E-state index contributed by atoms with van der Waals surface area (Å²) in [6.07, 6.45) is 0. The fourth-order valence-electron chi connectivity index (χ4n) is 2.12. The lowest BCUT2D eigenvalue weighted by Gasteiger charge is -2.15. The lowest BCUT2D eigenvalue weighted by atomic mass is 10.1. The highest BCUT2D eigenvalue weighted by Gasteiger charge is 2.11. The maximum Gasteiger partial charge on any atom is 0.248 e. The third-order valence-electron chi connectivity index (χ3n) is 3.44. The number of carbonyl (C=O) groups excluding carboxylic acids is 2. The first-order chi connectivity index (χ1) is 11.4. The SMILES string of the molecule is C[C@@H](NC(=O)CNc1cc(C(N)=O)ccc1Cl)c1ccc(F)cc1. The maximum absolute atomic E-state index is 12.9. The van der Waals surface area contributed by atoms with Crippen LogP contribution in [0.4, 0.5) is 10.1 Å². The molecule has 2 aromatic carbocycles. The van der Waals surface area contributed by atoms with Gasteiger partial charge in [-0.25, -0.2) is 4.39 Å². The number of amides is 2. The van der Waals surface area contributed by atoms with Gasteiger partial charge in [0, 0.05) is 5.56 Å². The van der Waals surface area contributed by atoms with Gasteiger partial charge in [0.05, 0.1) is 23.3 Å². The third kappa shape index (κ3) is 4.70. The summed E-state index contributed by atoms with van der Waals surface area (Å²) in [5.41, 5.74) is 6.74. The summed E-state index contributed by atoms with van der Waals surface area (Å²) >= 11 is 6.02. The van der Waals surface area contributed by atoms with Crippen molar-refractivity contribution in [2.45, 2.75) is 13.0 Å². The molecule has 0 aliphatic rings. The van der Waals surface area contributed by atoms with E-state index in [-0.39, 0.29) is 24.3 Å². The first-order valence-corrected chi connectivity index (χ1v) is 7.62. The van der Waals surface area contributed by atoms with E-state index in [1.807, 2.05) is 0 Å². The molecule has 0 aliphatic carbocycles. The average Bonchev–Trinajstić information content (AvgIpc) is 2.54. The Morgan fingerprint density at radius 1 is 1.21 bits per heavy atom. The van der Waals surface area contributed by atoms with Gasteiger partial charge in [0.15, 0.2) is 0 Å². The molecule has 5 nitrogen and oxygen atoms in total. The number of hydrogen-bond donors (Lipinski definition) is 3. The van der Waals surface area contributed by atoms with Crippen molar-refractivity contribution in [1.82, 2.24) is 5.32 Å². The fourth-order valence-corrected chi connectivity index (χ4v) is 2.30. The van der Waals surface area contributed by atoms with Gasteiger partial charge in [0.1, 0.15) is 5.82 Å². The Bertz CT molecular complexity index is 750. The van der Waals surface area contributed by atoms with Crippen LogP contribution in [0.2, 0.25) is 5.02 Å². The number of rotatable bonds is 6. The van der Waals surface area contributed by atoms with Crippen LogP contribution in [0.5, 0.6) is 0 Å². The van der Waals surface area contributed by atoms with Crippen molar-refractivity contribution >= 4 is 29.1 Å². The molecule has 2 rings (SSSR count). The number of nitrogens with one attached hydrogen (secondary N) is 2. The molecule has 0 aromatic heterocycles. The zero-order chi connectivity index (χ0) is 17.7. The number of carbonyl (C=O) groups is 2. The van der Waals surface area contributed by atoms with E-state index in [2.05, 4.69) is 10.6 Å². The topological polar surface area (TPSA) is 84.2 Å². The second-order valence-electron chi connectivity index (χ2n) is 5.25. The minimum absolute atomic E-state index is 0.0343. The average molecular weight is 350 g/mol. The van der Waals surface area contributed by atoms with Crippen molar-refractivity contribution in [3.63, 3.8) is 0 Å². The third-order valence-corrected chi connectivity index (χ3v) is 3.77. The van der Waals surface area contributed by atoms with Crippen LogP contribution in [0, 0.1) is 5.82 Å². The predicted molar refractivity (Wildman–Crippen MR) is 91.4 cm³/mol. The van der Waals surface area contributed by atoms with Crippen molar-refractivity contribution in [2.24, 2.45) is 5.73 Å². The van der Waals surface area contributed by atoms with Crippen LogP contribution in [-0.2, 0) is 4.79 Å². The molecule has 2 aromatic rings. The molecule has 0 spiro atoms. The molecule has 1 atom stereocenters. The van der Waals surface area contributed by atoms with Crippen LogP contribution in [0.15, 0.2) is 42.5 Å². The molecule has 0 unspecified atom stereocenters. The zero-order valence-electron chi connectivity index (χ0n) is 13.0. The van der Waals surface area contributed by atoms with Gasteiger partial charge in [-0.3, -0.25) is 9.59 Å². The molecule has 0 aliphatic heterocycles. The highest BCUT2D eigenvalue weighted by Crippen LogP contribution is 2.22. The standard InChI is InChI=1S/C17H17ClFN3O2/c1-10(11-2-5-13(19)6-3-11)22-16(23)9-21-15-8-12(17(20)24)4-7-14(15)18/h2-8,10,21H,9H2,1H3,(H2,20,24)(H,22,23)/t10-/m1/s1. The number of nitrogens with two attached hydrogens (primary N) is 1. The van der Waals surface area contributed by atoms with E-state index in [1.165, 1.54) is 30.3 Å². The van der Waals surface area contributed by atoms with Crippen LogP contribution in [0.1, 0.15) is 28.9 Å². The fraction of sp³-hybridized carbons (Fsp3) is 0.176. The summed E-state index contributed by atoms with van der Waals surface area (Å²) in [5.74, 6) is -1.18. The number of primary amides is 1. The molecule has 0 saturated heterocycles.